The molecule has 0 saturated carbocycles. The van der Waals surface area contributed by atoms with Crippen molar-refractivity contribution in [3.8, 4) is 23.0 Å². The lowest BCUT2D eigenvalue weighted by molar-refractivity contribution is -0.139. The molecule has 0 aliphatic carbocycles. The number of carbonyl (C=O) groups excluding carboxylic acids is 5. The third kappa shape index (κ3) is 8.43. The van der Waals surface area contributed by atoms with Crippen LogP contribution in [0.5, 0.6) is 23.0 Å². The van der Waals surface area contributed by atoms with Crippen molar-refractivity contribution in [1.82, 2.24) is 26.2 Å². The van der Waals surface area contributed by atoms with Gasteiger partial charge in [-0.25, -0.2) is 0 Å². The van der Waals surface area contributed by atoms with E-state index in [0.717, 1.165) is 0 Å². The van der Waals surface area contributed by atoms with Crippen LogP contribution in [0.15, 0.2) is 36.4 Å². The Morgan fingerprint density at radius 3 is 2.40 bits per heavy atom. The van der Waals surface area contributed by atoms with Crippen LogP contribution in [0.25, 0.3) is 0 Å². The average molecular weight is 624 g/mol. The van der Waals surface area contributed by atoms with Crippen LogP contribution in [-0.4, -0.2) is 80.4 Å². The van der Waals surface area contributed by atoms with Gasteiger partial charge in [0, 0.05) is 25.1 Å². The standard InChI is InChI=1S/C32H41N5O8/c1-19(2)29-31(41)34-17-21-23(43-3)8-7-9-24(21)45-26-16-20(10-12-25(26)44-4)30(40)33-14-5-6-15-37(18-28(39)36-29)32(42)22-11-13-27(38)35-22/h7-10,12,16,19,22,29H,5-6,11,13-15,17-18H2,1-4H3,(H,33,40)(H,34,41)(H,35,38)(H,36,39)/t22-,29+/m0/s1. The van der Waals surface area contributed by atoms with Gasteiger partial charge in [0.25, 0.3) is 5.91 Å². The van der Waals surface area contributed by atoms with Gasteiger partial charge in [-0.1, -0.05) is 19.9 Å². The van der Waals surface area contributed by atoms with Gasteiger partial charge in [-0.3, -0.25) is 24.0 Å². The van der Waals surface area contributed by atoms with Crippen LogP contribution in [0, 0.1) is 5.92 Å². The number of rotatable bonds is 4. The van der Waals surface area contributed by atoms with Gasteiger partial charge >= 0.3 is 0 Å². The third-order valence-electron chi connectivity index (χ3n) is 7.74. The molecule has 2 aliphatic rings. The van der Waals surface area contributed by atoms with Gasteiger partial charge in [-0.2, -0.15) is 0 Å². The summed E-state index contributed by atoms with van der Waals surface area (Å²) in [7, 11) is 2.99. The van der Waals surface area contributed by atoms with Crippen molar-refractivity contribution in [2.24, 2.45) is 5.92 Å². The number of amides is 5. The van der Waals surface area contributed by atoms with Gasteiger partial charge in [-0.15, -0.1) is 0 Å². The minimum atomic E-state index is -0.891. The van der Waals surface area contributed by atoms with Gasteiger partial charge < -0.3 is 40.4 Å². The fourth-order valence-corrected chi connectivity index (χ4v) is 5.25. The summed E-state index contributed by atoms with van der Waals surface area (Å²) in [5.74, 6) is -0.571. The van der Waals surface area contributed by atoms with E-state index in [9.17, 15) is 24.0 Å². The van der Waals surface area contributed by atoms with E-state index in [0.29, 0.717) is 59.9 Å². The molecule has 242 valence electrons. The first-order valence-electron chi connectivity index (χ1n) is 15.1. The second-order valence-electron chi connectivity index (χ2n) is 11.3. The predicted octanol–water partition coefficient (Wildman–Crippen LogP) is 1.88. The van der Waals surface area contributed by atoms with Crippen molar-refractivity contribution in [2.75, 3.05) is 33.9 Å². The van der Waals surface area contributed by atoms with Crippen molar-refractivity contribution >= 4 is 29.5 Å². The number of fused-ring (bicyclic) bond motifs is 3. The molecule has 0 aromatic heterocycles. The number of hydrogen-bond acceptors (Lipinski definition) is 8. The smallest absolute Gasteiger partial charge is 0.251 e. The maximum Gasteiger partial charge on any atom is 0.251 e. The van der Waals surface area contributed by atoms with Crippen LogP contribution < -0.4 is 35.5 Å². The molecule has 13 heteroatoms. The van der Waals surface area contributed by atoms with Crippen LogP contribution in [0.2, 0.25) is 0 Å². The lowest BCUT2D eigenvalue weighted by Crippen LogP contribution is -2.54. The highest BCUT2D eigenvalue weighted by Gasteiger charge is 2.32. The minimum absolute atomic E-state index is 0.00571. The Balaban J connectivity index is 1.65. The van der Waals surface area contributed by atoms with Crippen LogP contribution in [0.3, 0.4) is 0 Å². The van der Waals surface area contributed by atoms with Crippen molar-refractivity contribution in [1.29, 1.82) is 0 Å². The molecule has 0 unspecified atom stereocenters. The highest BCUT2D eigenvalue weighted by atomic mass is 16.5. The minimum Gasteiger partial charge on any atom is -0.496 e. The summed E-state index contributed by atoms with van der Waals surface area (Å²) in [5, 5.41) is 11.2. The Morgan fingerprint density at radius 1 is 0.933 bits per heavy atom. The zero-order chi connectivity index (χ0) is 32.5. The molecule has 1 saturated heterocycles. The first-order chi connectivity index (χ1) is 21.6. The number of carbonyl (C=O) groups is 5. The fourth-order valence-electron chi connectivity index (χ4n) is 5.25. The molecule has 2 aromatic rings. The van der Waals surface area contributed by atoms with Gasteiger partial charge in [0.1, 0.15) is 23.6 Å². The largest absolute Gasteiger partial charge is 0.496 e. The summed E-state index contributed by atoms with van der Waals surface area (Å²) in [6.07, 6.45) is 1.60. The van der Waals surface area contributed by atoms with Crippen molar-refractivity contribution in [2.45, 2.75) is 58.2 Å². The Bertz CT molecular complexity index is 1430. The van der Waals surface area contributed by atoms with Gasteiger partial charge in [0.2, 0.25) is 23.6 Å². The first-order valence-corrected chi connectivity index (χ1v) is 15.1. The number of hydrogen-bond donors (Lipinski definition) is 4. The molecule has 0 spiro atoms. The third-order valence-corrected chi connectivity index (χ3v) is 7.74. The van der Waals surface area contributed by atoms with E-state index in [1.807, 2.05) is 13.8 Å². The number of benzene rings is 2. The monoisotopic (exact) mass is 623 g/mol. The van der Waals surface area contributed by atoms with E-state index in [1.165, 1.54) is 19.1 Å². The lowest BCUT2D eigenvalue weighted by Gasteiger charge is -2.27. The Hall–Kier alpha value is -4.81. The number of nitrogens with zero attached hydrogens (tertiary/aromatic N) is 1. The van der Waals surface area contributed by atoms with Gasteiger partial charge in [0.15, 0.2) is 11.5 Å². The second-order valence-corrected chi connectivity index (χ2v) is 11.3. The Morgan fingerprint density at radius 2 is 1.71 bits per heavy atom. The molecule has 5 amide bonds. The average Bonchev–Trinajstić information content (AvgIpc) is 3.46. The van der Waals surface area contributed by atoms with Crippen LogP contribution in [-0.2, 0) is 25.7 Å². The molecule has 2 atom stereocenters. The number of methoxy groups -OCH3 is 2. The number of nitrogens with one attached hydrogen (secondary N) is 4. The van der Waals surface area contributed by atoms with E-state index in [2.05, 4.69) is 21.3 Å². The molecule has 1 fully saturated rings. The van der Waals surface area contributed by atoms with E-state index >= 15 is 0 Å². The molecule has 13 nitrogen and oxygen atoms in total. The highest BCUT2D eigenvalue weighted by Crippen LogP contribution is 2.37. The Labute approximate surface area is 262 Å². The maximum absolute atomic E-state index is 13.4. The topological polar surface area (TPSA) is 164 Å². The second kappa shape index (κ2) is 15.3. The summed E-state index contributed by atoms with van der Waals surface area (Å²) in [6.45, 7) is 3.89. The van der Waals surface area contributed by atoms with Crippen LogP contribution in [0.4, 0.5) is 0 Å². The first kappa shape index (κ1) is 33.1. The van der Waals surface area contributed by atoms with E-state index in [-0.39, 0.29) is 49.7 Å². The normalized spacial score (nSPS) is 20.2. The molecular weight excluding hydrogens is 582 g/mol. The van der Waals surface area contributed by atoms with E-state index < -0.39 is 23.9 Å². The molecule has 0 radical (unpaired) electrons. The predicted molar refractivity (Wildman–Crippen MR) is 164 cm³/mol. The molecule has 4 rings (SSSR count). The van der Waals surface area contributed by atoms with Crippen molar-refractivity contribution in [3.63, 3.8) is 0 Å². The Kier molecular flexibility index (Phi) is 11.2. The van der Waals surface area contributed by atoms with Crippen molar-refractivity contribution < 1.29 is 38.2 Å². The zero-order valence-corrected chi connectivity index (χ0v) is 26.1. The van der Waals surface area contributed by atoms with Gasteiger partial charge in [0.05, 0.1) is 32.9 Å². The molecular formula is C32H41N5O8. The van der Waals surface area contributed by atoms with Crippen LogP contribution >= 0.6 is 0 Å². The molecule has 2 bridgehead atoms. The molecule has 2 aliphatic heterocycles. The zero-order valence-electron chi connectivity index (χ0n) is 26.1. The summed E-state index contributed by atoms with van der Waals surface area (Å²) in [6, 6.07) is 8.42. The van der Waals surface area contributed by atoms with E-state index in [4.69, 9.17) is 14.2 Å². The van der Waals surface area contributed by atoms with Crippen molar-refractivity contribution in [3.05, 3.63) is 47.5 Å². The van der Waals surface area contributed by atoms with Crippen LogP contribution in [0.1, 0.15) is 55.5 Å². The summed E-state index contributed by atoms with van der Waals surface area (Å²) in [4.78, 5) is 66.1. The number of ether oxygens (including phenoxy) is 3. The summed E-state index contributed by atoms with van der Waals surface area (Å²) < 4.78 is 17.3. The molecule has 2 aromatic carbocycles. The van der Waals surface area contributed by atoms with Gasteiger partial charge in [-0.05, 0) is 55.5 Å². The quantitative estimate of drug-likeness (QED) is 0.401. The molecule has 45 heavy (non-hydrogen) atoms. The van der Waals surface area contributed by atoms with E-state index in [1.54, 1.807) is 36.4 Å². The fraction of sp³-hybridized carbons (Fsp3) is 0.469. The lowest BCUT2D eigenvalue weighted by atomic mass is 10.0. The summed E-state index contributed by atoms with van der Waals surface area (Å²) >= 11 is 0. The molecule has 2 heterocycles. The summed E-state index contributed by atoms with van der Waals surface area (Å²) in [5.41, 5.74) is 0.882. The maximum atomic E-state index is 13.4. The SMILES string of the molecule is COc1ccc2cc1Oc1cccc(OC)c1CNC(=O)[C@@H](C(C)C)NC(=O)CN(C(=O)[C@@H]1CCC(=O)N1)CCCCNC2=O. The highest BCUT2D eigenvalue weighted by molar-refractivity contribution is 5.95. The molecule has 4 N–H and O–H groups in total.